The van der Waals surface area contributed by atoms with Crippen molar-refractivity contribution in [2.75, 3.05) is 13.7 Å². The van der Waals surface area contributed by atoms with Gasteiger partial charge in [0.25, 0.3) is 0 Å². The van der Waals surface area contributed by atoms with E-state index in [0.717, 1.165) is 18.7 Å². The highest BCUT2D eigenvalue weighted by atomic mass is 16.5. The molecule has 0 amide bonds. The van der Waals surface area contributed by atoms with E-state index in [0.29, 0.717) is 12.6 Å². The van der Waals surface area contributed by atoms with Crippen molar-refractivity contribution in [3.8, 4) is 5.75 Å². The summed E-state index contributed by atoms with van der Waals surface area (Å²) in [6, 6.07) is 8.91. The molecule has 1 unspecified atom stereocenters. The number of nitrogens with zero attached hydrogens (tertiary/aromatic N) is 2. The van der Waals surface area contributed by atoms with Crippen LogP contribution in [0.15, 0.2) is 36.7 Å². The molecule has 1 aromatic carbocycles. The summed E-state index contributed by atoms with van der Waals surface area (Å²) in [4.78, 5) is 0. The average molecular weight is 271 g/mol. The molecule has 0 radical (unpaired) electrons. The van der Waals surface area contributed by atoms with Crippen molar-refractivity contribution in [1.29, 1.82) is 0 Å². The van der Waals surface area contributed by atoms with Gasteiger partial charge in [-0.25, -0.2) is 0 Å². The van der Waals surface area contributed by atoms with Crippen LogP contribution < -0.4 is 10.1 Å². The Balaban J connectivity index is 1.63. The van der Waals surface area contributed by atoms with Gasteiger partial charge < -0.3 is 10.1 Å². The zero-order chi connectivity index (χ0) is 13.8. The van der Waals surface area contributed by atoms with Gasteiger partial charge in [0.15, 0.2) is 0 Å². The minimum atomic E-state index is 0.497. The summed E-state index contributed by atoms with van der Waals surface area (Å²) in [5.74, 6) is 0.965. The lowest BCUT2D eigenvalue weighted by molar-refractivity contribution is 0.290. The zero-order valence-corrected chi connectivity index (χ0v) is 11.9. The van der Waals surface area contributed by atoms with Gasteiger partial charge in [0, 0.05) is 18.4 Å². The molecule has 0 saturated heterocycles. The Labute approximate surface area is 119 Å². The molecule has 20 heavy (non-hydrogen) atoms. The molecule has 0 spiro atoms. The van der Waals surface area contributed by atoms with Crippen molar-refractivity contribution in [1.82, 2.24) is 15.1 Å². The van der Waals surface area contributed by atoms with Crippen molar-refractivity contribution >= 4 is 0 Å². The maximum atomic E-state index is 5.83. The summed E-state index contributed by atoms with van der Waals surface area (Å²) in [5.41, 5.74) is 2.85. The lowest BCUT2D eigenvalue weighted by Gasteiger charge is -2.25. The van der Waals surface area contributed by atoms with Crippen LogP contribution in [0.5, 0.6) is 5.75 Å². The zero-order valence-electron chi connectivity index (χ0n) is 11.9. The Bertz CT molecular complexity index is 551. The van der Waals surface area contributed by atoms with Gasteiger partial charge in [-0.3, -0.25) is 4.68 Å². The first kappa shape index (κ1) is 13.2. The number of aromatic nitrogens is 2. The summed E-state index contributed by atoms with van der Waals surface area (Å²) in [6.07, 6.45) is 7.37. The Hall–Kier alpha value is -1.81. The van der Waals surface area contributed by atoms with E-state index >= 15 is 0 Å². The third-order valence-electron chi connectivity index (χ3n) is 3.93. The molecule has 1 N–H and O–H groups in total. The van der Waals surface area contributed by atoms with Crippen LogP contribution in [0.4, 0.5) is 0 Å². The second-order valence-electron chi connectivity index (χ2n) is 5.21. The number of rotatable bonds is 5. The van der Waals surface area contributed by atoms with E-state index in [1.807, 2.05) is 24.0 Å². The lowest BCUT2D eigenvalue weighted by Crippen LogP contribution is -2.21. The largest absolute Gasteiger partial charge is 0.492 e. The number of nitrogens with one attached hydrogen (secondary N) is 1. The first-order valence-electron chi connectivity index (χ1n) is 7.27. The average Bonchev–Trinajstić information content (AvgIpc) is 2.99. The van der Waals surface area contributed by atoms with Gasteiger partial charge >= 0.3 is 0 Å². The molecule has 1 aromatic heterocycles. The molecule has 4 nitrogen and oxygen atoms in total. The predicted molar refractivity (Wildman–Crippen MR) is 78.9 cm³/mol. The van der Waals surface area contributed by atoms with Crippen LogP contribution in [0.3, 0.4) is 0 Å². The van der Waals surface area contributed by atoms with Crippen LogP contribution >= 0.6 is 0 Å². The maximum Gasteiger partial charge on any atom is 0.119 e. The molecule has 1 atom stereocenters. The molecule has 3 rings (SSSR count). The number of benzene rings is 1. The number of aryl methyl sites for hydroxylation is 1. The number of fused-ring (bicyclic) bond motifs is 1. The molecule has 2 aromatic rings. The van der Waals surface area contributed by atoms with E-state index in [4.69, 9.17) is 4.74 Å². The normalized spacial score (nSPS) is 17.8. The summed E-state index contributed by atoms with van der Waals surface area (Å²) < 4.78 is 7.72. The minimum Gasteiger partial charge on any atom is -0.492 e. The molecule has 0 aliphatic heterocycles. The van der Waals surface area contributed by atoms with Gasteiger partial charge in [-0.05, 0) is 55.6 Å². The van der Waals surface area contributed by atoms with E-state index in [9.17, 15) is 0 Å². The molecule has 1 aliphatic rings. The van der Waals surface area contributed by atoms with E-state index in [1.165, 1.54) is 24.0 Å². The Morgan fingerprint density at radius 2 is 2.40 bits per heavy atom. The SMILES string of the molecule is CNC1CCCc2cc(OCCn3cccn3)ccc21. The van der Waals surface area contributed by atoms with Crippen LogP contribution in [-0.2, 0) is 13.0 Å². The van der Waals surface area contributed by atoms with Crippen molar-refractivity contribution in [2.24, 2.45) is 0 Å². The monoisotopic (exact) mass is 271 g/mol. The van der Waals surface area contributed by atoms with Crippen LogP contribution in [0.25, 0.3) is 0 Å². The molecule has 1 heterocycles. The van der Waals surface area contributed by atoms with Gasteiger partial charge in [0.2, 0.25) is 0 Å². The van der Waals surface area contributed by atoms with E-state index in [1.54, 1.807) is 6.20 Å². The smallest absolute Gasteiger partial charge is 0.119 e. The second kappa shape index (κ2) is 6.09. The Morgan fingerprint density at radius 1 is 1.45 bits per heavy atom. The standard InChI is InChI=1S/C16H21N3O/c1-17-16-5-2-4-13-12-14(6-7-15(13)16)20-11-10-19-9-3-8-18-19/h3,6-9,12,16-17H,2,4-5,10-11H2,1H3. The van der Waals surface area contributed by atoms with E-state index < -0.39 is 0 Å². The third kappa shape index (κ3) is 2.85. The Kier molecular flexibility index (Phi) is 4.02. The summed E-state index contributed by atoms with van der Waals surface area (Å²) in [6.45, 7) is 1.43. The lowest BCUT2D eigenvalue weighted by atomic mass is 9.87. The highest BCUT2D eigenvalue weighted by Crippen LogP contribution is 2.31. The van der Waals surface area contributed by atoms with Crippen molar-refractivity contribution < 1.29 is 4.74 Å². The first-order chi connectivity index (χ1) is 9.86. The summed E-state index contributed by atoms with van der Waals surface area (Å²) in [5, 5.41) is 7.56. The van der Waals surface area contributed by atoms with Crippen molar-refractivity contribution in [3.05, 3.63) is 47.8 Å². The number of hydrogen-bond acceptors (Lipinski definition) is 3. The van der Waals surface area contributed by atoms with Crippen LogP contribution in [0.2, 0.25) is 0 Å². The third-order valence-corrected chi connectivity index (χ3v) is 3.93. The van der Waals surface area contributed by atoms with Gasteiger partial charge in [-0.15, -0.1) is 0 Å². The summed E-state index contributed by atoms with van der Waals surface area (Å²) >= 11 is 0. The van der Waals surface area contributed by atoms with Crippen LogP contribution in [0, 0.1) is 0 Å². The molecule has 1 aliphatic carbocycles. The Morgan fingerprint density at radius 3 is 3.20 bits per heavy atom. The molecule has 0 fully saturated rings. The van der Waals surface area contributed by atoms with Gasteiger partial charge in [-0.1, -0.05) is 6.07 Å². The molecule has 4 heteroatoms. The van der Waals surface area contributed by atoms with Crippen molar-refractivity contribution in [3.63, 3.8) is 0 Å². The fourth-order valence-corrected chi connectivity index (χ4v) is 2.87. The summed E-state index contributed by atoms with van der Waals surface area (Å²) in [7, 11) is 2.04. The predicted octanol–water partition coefficient (Wildman–Crippen LogP) is 2.56. The fourth-order valence-electron chi connectivity index (χ4n) is 2.87. The van der Waals surface area contributed by atoms with E-state index in [-0.39, 0.29) is 0 Å². The minimum absolute atomic E-state index is 0.497. The van der Waals surface area contributed by atoms with Crippen LogP contribution in [-0.4, -0.2) is 23.4 Å². The molecular formula is C16H21N3O. The van der Waals surface area contributed by atoms with E-state index in [2.05, 4.69) is 28.6 Å². The maximum absolute atomic E-state index is 5.83. The second-order valence-corrected chi connectivity index (χ2v) is 5.21. The highest BCUT2D eigenvalue weighted by molar-refractivity contribution is 5.39. The molecule has 106 valence electrons. The van der Waals surface area contributed by atoms with Crippen molar-refractivity contribution in [2.45, 2.75) is 31.8 Å². The first-order valence-corrected chi connectivity index (χ1v) is 7.27. The van der Waals surface area contributed by atoms with Gasteiger partial charge in [-0.2, -0.15) is 5.10 Å². The molecule has 0 bridgehead atoms. The number of ether oxygens (including phenoxy) is 1. The fraction of sp³-hybridized carbons (Fsp3) is 0.438. The highest BCUT2D eigenvalue weighted by Gasteiger charge is 2.18. The number of hydrogen-bond donors (Lipinski definition) is 1. The van der Waals surface area contributed by atoms with Gasteiger partial charge in [0.05, 0.1) is 6.54 Å². The topological polar surface area (TPSA) is 39.1 Å². The quantitative estimate of drug-likeness (QED) is 0.908. The molecular weight excluding hydrogens is 250 g/mol. The van der Waals surface area contributed by atoms with Gasteiger partial charge in [0.1, 0.15) is 12.4 Å². The molecule has 0 saturated carbocycles. The van der Waals surface area contributed by atoms with Crippen LogP contribution in [0.1, 0.15) is 30.0 Å².